The molecule has 1 aliphatic rings. The van der Waals surface area contributed by atoms with Crippen LogP contribution in [0.3, 0.4) is 0 Å². The van der Waals surface area contributed by atoms with E-state index in [2.05, 4.69) is 22.5 Å². The van der Waals surface area contributed by atoms with Crippen LogP contribution in [0.1, 0.15) is 33.6 Å². The zero-order chi connectivity index (χ0) is 13.4. The molecule has 0 spiro atoms. The molecule has 2 unspecified atom stereocenters. The van der Waals surface area contributed by atoms with Gasteiger partial charge in [0.15, 0.2) is 5.96 Å². The molecule has 0 aromatic carbocycles. The van der Waals surface area contributed by atoms with Crippen LogP contribution in [0, 0.1) is 5.92 Å². The third-order valence-electron chi connectivity index (χ3n) is 3.15. The third-order valence-corrected chi connectivity index (χ3v) is 3.15. The number of halogens is 1. The lowest BCUT2D eigenvalue weighted by molar-refractivity contribution is 0.0283. The molecule has 19 heavy (non-hydrogen) atoms. The van der Waals surface area contributed by atoms with Gasteiger partial charge in [-0.25, -0.2) is 0 Å². The summed E-state index contributed by atoms with van der Waals surface area (Å²) >= 11 is 0. The molecule has 0 bridgehead atoms. The zero-order valence-corrected chi connectivity index (χ0v) is 14.6. The second kappa shape index (κ2) is 9.77. The number of ether oxygens (including phenoxy) is 1. The van der Waals surface area contributed by atoms with Crippen molar-refractivity contribution in [1.82, 2.24) is 10.6 Å². The summed E-state index contributed by atoms with van der Waals surface area (Å²) in [6.45, 7) is 9.42. The number of hydrogen-bond acceptors (Lipinski definition) is 3. The van der Waals surface area contributed by atoms with E-state index < -0.39 is 0 Å². The zero-order valence-electron chi connectivity index (χ0n) is 12.2. The normalized spacial score (nSPS) is 24.7. The quantitative estimate of drug-likeness (QED) is 0.367. The van der Waals surface area contributed by atoms with Crippen LogP contribution in [0.2, 0.25) is 0 Å². The Labute approximate surface area is 133 Å². The van der Waals surface area contributed by atoms with Gasteiger partial charge in [-0.1, -0.05) is 6.92 Å². The summed E-state index contributed by atoms with van der Waals surface area (Å²) in [4.78, 5) is 4.56. The minimum absolute atomic E-state index is 0. The molecule has 0 saturated carbocycles. The maximum Gasteiger partial charge on any atom is 0.191 e. The first-order chi connectivity index (χ1) is 8.59. The number of guanidine groups is 1. The molecule has 0 aliphatic carbocycles. The van der Waals surface area contributed by atoms with Crippen LogP contribution in [0.4, 0.5) is 0 Å². The van der Waals surface area contributed by atoms with E-state index >= 15 is 0 Å². The molecule has 114 valence electrons. The van der Waals surface area contributed by atoms with Gasteiger partial charge in [-0.05, 0) is 32.6 Å². The van der Waals surface area contributed by atoms with Gasteiger partial charge in [0, 0.05) is 26.3 Å². The smallest absolute Gasteiger partial charge is 0.191 e. The molecule has 1 fully saturated rings. The predicted molar refractivity (Wildman–Crippen MR) is 89.2 cm³/mol. The van der Waals surface area contributed by atoms with Crippen molar-refractivity contribution < 1.29 is 9.84 Å². The van der Waals surface area contributed by atoms with Crippen molar-refractivity contribution in [2.45, 2.75) is 39.2 Å². The van der Waals surface area contributed by atoms with Gasteiger partial charge >= 0.3 is 0 Å². The molecular weight excluding hydrogens is 357 g/mol. The fraction of sp³-hybridized carbons (Fsp3) is 0.923. The highest BCUT2D eigenvalue weighted by atomic mass is 127. The first kappa shape index (κ1) is 18.9. The molecule has 1 heterocycles. The Bertz CT molecular complexity index is 269. The Morgan fingerprint density at radius 2 is 2.21 bits per heavy atom. The summed E-state index contributed by atoms with van der Waals surface area (Å²) in [6, 6.07) is 0. The number of aliphatic hydroxyl groups excluding tert-OH is 1. The predicted octanol–water partition coefficient (Wildman–Crippen LogP) is 1.36. The van der Waals surface area contributed by atoms with Crippen LogP contribution in [-0.2, 0) is 4.74 Å². The van der Waals surface area contributed by atoms with Crippen LogP contribution < -0.4 is 10.6 Å². The van der Waals surface area contributed by atoms with E-state index in [9.17, 15) is 0 Å². The summed E-state index contributed by atoms with van der Waals surface area (Å²) < 4.78 is 5.71. The standard InChI is InChI=1S/C13H27N3O2.HI/c1-4-14-12(15-8-11(2)9-17)16-10-13(3)6-5-7-18-13;/h11,17H,4-10H2,1-3H3,(H2,14,15,16);1H. The number of aliphatic imine (C=N–C) groups is 1. The van der Waals surface area contributed by atoms with E-state index in [0.717, 1.165) is 38.5 Å². The lowest BCUT2D eigenvalue weighted by atomic mass is 10.0. The lowest BCUT2D eigenvalue weighted by Gasteiger charge is -2.22. The third kappa shape index (κ3) is 7.31. The summed E-state index contributed by atoms with van der Waals surface area (Å²) in [5, 5.41) is 15.4. The van der Waals surface area contributed by atoms with Gasteiger partial charge in [-0.2, -0.15) is 0 Å². The molecule has 0 radical (unpaired) electrons. The van der Waals surface area contributed by atoms with Crippen molar-refractivity contribution in [3.8, 4) is 0 Å². The minimum Gasteiger partial charge on any atom is -0.396 e. The molecule has 1 aliphatic heterocycles. The van der Waals surface area contributed by atoms with Crippen molar-refractivity contribution in [3.05, 3.63) is 0 Å². The molecule has 0 aromatic rings. The van der Waals surface area contributed by atoms with Crippen molar-refractivity contribution in [1.29, 1.82) is 0 Å². The molecule has 2 atom stereocenters. The fourth-order valence-electron chi connectivity index (χ4n) is 1.89. The summed E-state index contributed by atoms with van der Waals surface area (Å²) in [6.07, 6.45) is 2.19. The first-order valence-corrected chi connectivity index (χ1v) is 6.86. The number of nitrogens with one attached hydrogen (secondary N) is 2. The van der Waals surface area contributed by atoms with Crippen LogP contribution >= 0.6 is 24.0 Å². The van der Waals surface area contributed by atoms with Gasteiger partial charge in [0.1, 0.15) is 0 Å². The molecule has 0 amide bonds. The molecule has 3 N–H and O–H groups in total. The van der Waals surface area contributed by atoms with Crippen LogP contribution in [0.5, 0.6) is 0 Å². The fourth-order valence-corrected chi connectivity index (χ4v) is 1.89. The van der Waals surface area contributed by atoms with Crippen molar-refractivity contribution in [3.63, 3.8) is 0 Å². The Balaban J connectivity index is 0.00000324. The van der Waals surface area contributed by atoms with Crippen molar-refractivity contribution in [2.24, 2.45) is 10.9 Å². The van der Waals surface area contributed by atoms with Gasteiger partial charge in [0.05, 0.1) is 12.1 Å². The topological polar surface area (TPSA) is 65.9 Å². The number of aliphatic hydroxyl groups is 1. The minimum atomic E-state index is -0.106. The Morgan fingerprint density at radius 3 is 2.74 bits per heavy atom. The monoisotopic (exact) mass is 385 g/mol. The van der Waals surface area contributed by atoms with Crippen LogP contribution in [0.15, 0.2) is 4.99 Å². The van der Waals surface area contributed by atoms with E-state index in [-0.39, 0.29) is 42.1 Å². The second-order valence-electron chi connectivity index (χ2n) is 5.27. The maximum absolute atomic E-state index is 9.00. The highest BCUT2D eigenvalue weighted by Crippen LogP contribution is 2.24. The molecular formula is C13H28IN3O2. The van der Waals surface area contributed by atoms with Crippen molar-refractivity contribution in [2.75, 3.05) is 32.8 Å². The molecule has 6 heteroatoms. The van der Waals surface area contributed by atoms with Crippen molar-refractivity contribution >= 4 is 29.9 Å². The van der Waals surface area contributed by atoms with E-state index in [0.29, 0.717) is 6.54 Å². The SMILES string of the molecule is CCNC(=NCC1(C)CCCO1)NCC(C)CO.I. The number of nitrogens with zero attached hydrogens (tertiary/aromatic N) is 1. The van der Waals surface area contributed by atoms with Crippen LogP contribution in [-0.4, -0.2) is 49.5 Å². The molecule has 1 rings (SSSR count). The largest absolute Gasteiger partial charge is 0.396 e. The second-order valence-corrected chi connectivity index (χ2v) is 5.27. The Hall–Kier alpha value is -0.0800. The average Bonchev–Trinajstić information content (AvgIpc) is 2.79. The summed E-state index contributed by atoms with van der Waals surface area (Å²) in [7, 11) is 0. The summed E-state index contributed by atoms with van der Waals surface area (Å²) in [5.41, 5.74) is -0.106. The van der Waals surface area contributed by atoms with Gasteiger partial charge in [-0.15, -0.1) is 24.0 Å². The number of hydrogen-bond donors (Lipinski definition) is 3. The van der Waals surface area contributed by atoms with E-state index in [1.165, 1.54) is 0 Å². The van der Waals surface area contributed by atoms with E-state index in [1.807, 2.05) is 13.8 Å². The van der Waals surface area contributed by atoms with Gasteiger partial charge in [-0.3, -0.25) is 4.99 Å². The maximum atomic E-state index is 9.00. The Morgan fingerprint density at radius 1 is 1.47 bits per heavy atom. The van der Waals surface area contributed by atoms with Gasteiger partial charge < -0.3 is 20.5 Å². The average molecular weight is 385 g/mol. The van der Waals surface area contributed by atoms with Gasteiger partial charge in [0.25, 0.3) is 0 Å². The molecule has 5 nitrogen and oxygen atoms in total. The van der Waals surface area contributed by atoms with Gasteiger partial charge in [0.2, 0.25) is 0 Å². The van der Waals surface area contributed by atoms with Crippen LogP contribution in [0.25, 0.3) is 0 Å². The highest BCUT2D eigenvalue weighted by Gasteiger charge is 2.29. The number of rotatable bonds is 6. The van der Waals surface area contributed by atoms with E-state index in [4.69, 9.17) is 9.84 Å². The lowest BCUT2D eigenvalue weighted by Crippen LogP contribution is -2.41. The first-order valence-electron chi connectivity index (χ1n) is 6.86. The molecule has 0 aromatic heterocycles. The highest BCUT2D eigenvalue weighted by molar-refractivity contribution is 14.0. The van der Waals surface area contributed by atoms with E-state index in [1.54, 1.807) is 0 Å². The summed E-state index contributed by atoms with van der Waals surface area (Å²) in [5.74, 6) is 1.03. The molecule has 1 saturated heterocycles. The Kier molecular flexibility index (Phi) is 9.72.